The first kappa shape index (κ1) is 24.3. The quantitative estimate of drug-likeness (QED) is 0.362. The topological polar surface area (TPSA) is 103 Å². The highest BCUT2D eigenvalue weighted by Gasteiger charge is 2.09. The minimum absolute atomic E-state index is 0.0853. The molecule has 3 rings (SSSR count). The standard InChI is InChI=1S/C26H26N2O6/c1-3-33-26(31)34-23-14-8-20(9-15-23)25(30)28-21-10-4-19(5-11-21)17-27-24(29)16-18-6-12-22(32-2)13-7-18/h4-15H,3,16-17H2,1-2H3,(H,27,29)(H,28,30). The zero-order valence-corrected chi connectivity index (χ0v) is 19.0. The molecule has 3 aromatic rings. The van der Waals surface area contributed by atoms with Gasteiger partial charge in [0.05, 0.1) is 20.1 Å². The number of hydrogen-bond donors (Lipinski definition) is 2. The van der Waals surface area contributed by atoms with Gasteiger partial charge < -0.3 is 24.8 Å². The van der Waals surface area contributed by atoms with E-state index in [-0.39, 0.29) is 30.6 Å². The van der Waals surface area contributed by atoms with Crippen LogP contribution in [0, 0.1) is 0 Å². The van der Waals surface area contributed by atoms with Crippen molar-refractivity contribution in [2.45, 2.75) is 19.9 Å². The number of rotatable bonds is 9. The first-order valence-electron chi connectivity index (χ1n) is 10.7. The molecule has 0 saturated heterocycles. The molecule has 0 aromatic heterocycles. The first-order valence-corrected chi connectivity index (χ1v) is 10.7. The van der Waals surface area contributed by atoms with Crippen LogP contribution in [0.1, 0.15) is 28.4 Å². The molecular formula is C26H26N2O6. The molecule has 176 valence electrons. The molecule has 0 spiro atoms. The van der Waals surface area contributed by atoms with Crippen molar-refractivity contribution < 1.29 is 28.6 Å². The summed E-state index contributed by atoms with van der Waals surface area (Å²) >= 11 is 0. The van der Waals surface area contributed by atoms with Gasteiger partial charge in [-0.1, -0.05) is 24.3 Å². The highest BCUT2D eigenvalue weighted by Crippen LogP contribution is 2.16. The zero-order valence-electron chi connectivity index (χ0n) is 19.0. The number of carbonyl (C=O) groups excluding carboxylic acids is 3. The molecule has 0 heterocycles. The maximum absolute atomic E-state index is 12.5. The van der Waals surface area contributed by atoms with Crippen molar-refractivity contribution in [2.75, 3.05) is 19.0 Å². The van der Waals surface area contributed by atoms with Gasteiger partial charge in [0.1, 0.15) is 11.5 Å². The summed E-state index contributed by atoms with van der Waals surface area (Å²) in [7, 11) is 1.60. The van der Waals surface area contributed by atoms with Crippen LogP contribution in [0.2, 0.25) is 0 Å². The largest absolute Gasteiger partial charge is 0.513 e. The second-order valence-corrected chi connectivity index (χ2v) is 7.26. The number of carbonyl (C=O) groups is 3. The number of methoxy groups -OCH3 is 1. The number of anilines is 1. The van der Waals surface area contributed by atoms with E-state index < -0.39 is 6.16 Å². The molecule has 0 fully saturated rings. The first-order chi connectivity index (χ1) is 16.5. The summed E-state index contributed by atoms with van der Waals surface area (Å²) in [5.74, 6) is 0.644. The van der Waals surface area contributed by atoms with Crippen LogP contribution in [0.4, 0.5) is 10.5 Å². The molecule has 8 heteroatoms. The second-order valence-electron chi connectivity index (χ2n) is 7.26. The molecule has 2 amide bonds. The Morgan fingerprint density at radius 3 is 2.03 bits per heavy atom. The van der Waals surface area contributed by atoms with Crippen LogP contribution < -0.4 is 20.1 Å². The minimum atomic E-state index is -0.795. The lowest BCUT2D eigenvalue weighted by atomic mass is 10.1. The normalized spacial score (nSPS) is 10.2. The van der Waals surface area contributed by atoms with E-state index in [0.717, 1.165) is 16.9 Å². The fraction of sp³-hybridized carbons (Fsp3) is 0.192. The molecule has 0 bridgehead atoms. The molecule has 0 unspecified atom stereocenters. The van der Waals surface area contributed by atoms with Crippen molar-refractivity contribution in [3.8, 4) is 11.5 Å². The van der Waals surface area contributed by atoms with Crippen LogP contribution in [0.5, 0.6) is 11.5 Å². The molecule has 0 atom stereocenters. The predicted octanol–water partition coefficient (Wildman–Crippen LogP) is 4.34. The monoisotopic (exact) mass is 462 g/mol. The molecule has 2 N–H and O–H groups in total. The van der Waals surface area contributed by atoms with Crippen LogP contribution in [0.15, 0.2) is 72.8 Å². The maximum Gasteiger partial charge on any atom is 0.513 e. The summed E-state index contributed by atoms with van der Waals surface area (Å²) in [6.07, 6.45) is -0.515. The van der Waals surface area contributed by atoms with Crippen molar-refractivity contribution >= 4 is 23.7 Å². The lowest BCUT2D eigenvalue weighted by Gasteiger charge is -2.09. The van der Waals surface area contributed by atoms with Crippen LogP contribution in [-0.4, -0.2) is 31.7 Å². The van der Waals surface area contributed by atoms with Gasteiger partial charge in [-0.25, -0.2) is 4.79 Å². The van der Waals surface area contributed by atoms with E-state index in [1.54, 1.807) is 38.3 Å². The number of benzene rings is 3. The molecule has 0 radical (unpaired) electrons. The summed E-state index contributed by atoms with van der Waals surface area (Å²) in [4.78, 5) is 36.0. The van der Waals surface area contributed by atoms with Gasteiger partial charge in [0.25, 0.3) is 5.91 Å². The highest BCUT2D eigenvalue weighted by molar-refractivity contribution is 6.04. The Kier molecular flexibility index (Phi) is 8.62. The lowest BCUT2D eigenvalue weighted by molar-refractivity contribution is -0.120. The Hall–Kier alpha value is -4.33. The van der Waals surface area contributed by atoms with Gasteiger partial charge in [0.15, 0.2) is 0 Å². The molecule has 0 aliphatic heterocycles. The van der Waals surface area contributed by atoms with E-state index in [0.29, 0.717) is 17.8 Å². The zero-order chi connectivity index (χ0) is 24.3. The third-order valence-electron chi connectivity index (χ3n) is 4.81. The molecule has 0 saturated carbocycles. The van der Waals surface area contributed by atoms with Crippen molar-refractivity contribution in [3.05, 3.63) is 89.5 Å². The number of hydrogen-bond acceptors (Lipinski definition) is 6. The Bertz CT molecular complexity index is 1110. The van der Waals surface area contributed by atoms with Crippen LogP contribution in [-0.2, 0) is 22.5 Å². The van der Waals surface area contributed by atoms with Crippen LogP contribution >= 0.6 is 0 Å². The summed E-state index contributed by atoms with van der Waals surface area (Å²) in [6.45, 7) is 2.28. The predicted molar refractivity (Wildman–Crippen MR) is 127 cm³/mol. The van der Waals surface area contributed by atoms with E-state index in [2.05, 4.69) is 10.6 Å². The van der Waals surface area contributed by atoms with Crippen LogP contribution in [0.3, 0.4) is 0 Å². The van der Waals surface area contributed by atoms with Crippen LogP contribution in [0.25, 0.3) is 0 Å². The van der Waals surface area contributed by atoms with E-state index in [1.807, 2.05) is 36.4 Å². The highest BCUT2D eigenvalue weighted by atomic mass is 16.7. The Morgan fingerprint density at radius 2 is 1.41 bits per heavy atom. The third kappa shape index (κ3) is 7.37. The second kappa shape index (κ2) is 12.1. The summed E-state index contributed by atoms with van der Waals surface area (Å²) in [5, 5.41) is 5.69. The van der Waals surface area contributed by atoms with Gasteiger partial charge in [0.2, 0.25) is 5.91 Å². The molecule has 0 aliphatic rings. The number of amides is 2. The smallest absolute Gasteiger partial charge is 0.497 e. The third-order valence-corrected chi connectivity index (χ3v) is 4.81. The van der Waals surface area contributed by atoms with Crippen molar-refractivity contribution in [1.29, 1.82) is 0 Å². The molecular weight excluding hydrogens is 436 g/mol. The lowest BCUT2D eigenvalue weighted by Crippen LogP contribution is -2.24. The van der Waals surface area contributed by atoms with Gasteiger partial charge >= 0.3 is 6.16 Å². The molecule has 8 nitrogen and oxygen atoms in total. The molecule has 0 aliphatic carbocycles. The molecule has 3 aromatic carbocycles. The average Bonchev–Trinajstić information content (AvgIpc) is 2.84. The fourth-order valence-corrected chi connectivity index (χ4v) is 3.02. The van der Waals surface area contributed by atoms with Crippen molar-refractivity contribution in [2.24, 2.45) is 0 Å². The number of ether oxygens (including phenoxy) is 3. The molecule has 34 heavy (non-hydrogen) atoms. The van der Waals surface area contributed by atoms with Gasteiger partial charge in [0, 0.05) is 17.8 Å². The Morgan fingerprint density at radius 1 is 0.794 bits per heavy atom. The average molecular weight is 463 g/mol. The summed E-state index contributed by atoms with van der Waals surface area (Å²) < 4.78 is 14.8. The van der Waals surface area contributed by atoms with E-state index in [9.17, 15) is 14.4 Å². The van der Waals surface area contributed by atoms with E-state index in [1.165, 1.54) is 12.1 Å². The Labute approximate surface area is 197 Å². The van der Waals surface area contributed by atoms with E-state index >= 15 is 0 Å². The SMILES string of the molecule is CCOC(=O)Oc1ccc(C(=O)Nc2ccc(CNC(=O)Cc3ccc(OC)cc3)cc2)cc1. The van der Waals surface area contributed by atoms with Crippen molar-refractivity contribution in [1.82, 2.24) is 5.32 Å². The van der Waals surface area contributed by atoms with E-state index in [4.69, 9.17) is 14.2 Å². The van der Waals surface area contributed by atoms with Crippen molar-refractivity contribution in [3.63, 3.8) is 0 Å². The van der Waals surface area contributed by atoms with Gasteiger partial charge in [-0.15, -0.1) is 0 Å². The maximum atomic E-state index is 12.5. The van der Waals surface area contributed by atoms with Gasteiger partial charge in [-0.2, -0.15) is 0 Å². The summed E-state index contributed by atoms with van der Waals surface area (Å²) in [6, 6.07) is 20.7. The summed E-state index contributed by atoms with van der Waals surface area (Å²) in [5.41, 5.74) is 2.83. The van der Waals surface area contributed by atoms with Gasteiger partial charge in [-0.05, 0) is 66.6 Å². The minimum Gasteiger partial charge on any atom is -0.497 e. The fourth-order valence-electron chi connectivity index (χ4n) is 3.02. The Balaban J connectivity index is 1.46. The van der Waals surface area contributed by atoms with Gasteiger partial charge in [-0.3, -0.25) is 9.59 Å². The number of nitrogens with one attached hydrogen (secondary N) is 2.